The molecule has 1 heterocycles. The minimum absolute atomic E-state index is 0.512. The van der Waals surface area contributed by atoms with Crippen LogP contribution in [0, 0.1) is 0 Å². The molecule has 5 nitrogen and oxygen atoms in total. The van der Waals surface area contributed by atoms with E-state index < -0.39 is 0 Å². The second-order valence-corrected chi connectivity index (χ2v) is 4.80. The fourth-order valence-corrected chi connectivity index (χ4v) is 2.04. The zero-order chi connectivity index (χ0) is 13.5. The van der Waals surface area contributed by atoms with Crippen molar-refractivity contribution in [3.8, 4) is 0 Å². The molecule has 0 fully saturated rings. The van der Waals surface area contributed by atoms with Crippen LogP contribution in [-0.4, -0.2) is 60.0 Å². The summed E-state index contributed by atoms with van der Waals surface area (Å²) in [6.07, 6.45) is 1.80. The standard InChI is InChI=1S/C13H25N5/c1-6-18(11(2)9-17(4)5)10-12-7-8-15-13(14-3)16-12/h7-8,11H,6,9-10H2,1-5H3,(H,14,15,16). The summed E-state index contributed by atoms with van der Waals surface area (Å²) in [4.78, 5) is 13.2. The van der Waals surface area contributed by atoms with E-state index in [2.05, 4.69) is 53.0 Å². The van der Waals surface area contributed by atoms with Crippen LogP contribution in [0.1, 0.15) is 19.5 Å². The molecule has 0 aliphatic carbocycles. The number of anilines is 1. The maximum Gasteiger partial charge on any atom is 0.222 e. The van der Waals surface area contributed by atoms with Crippen LogP contribution in [0.25, 0.3) is 0 Å². The number of nitrogens with zero attached hydrogens (tertiary/aromatic N) is 4. The third kappa shape index (κ3) is 4.58. The van der Waals surface area contributed by atoms with Gasteiger partial charge in [0, 0.05) is 32.4 Å². The van der Waals surface area contributed by atoms with Gasteiger partial charge in [-0.05, 0) is 33.6 Å². The van der Waals surface area contributed by atoms with Gasteiger partial charge < -0.3 is 10.2 Å². The maximum atomic E-state index is 4.46. The van der Waals surface area contributed by atoms with Crippen LogP contribution >= 0.6 is 0 Å². The topological polar surface area (TPSA) is 44.3 Å². The summed E-state index contributed by atoms with van der Waals surface area (Å²) in [5.74, 6) is 0.684. The van der Waals surface area contributed by atoms with Gasteiger partial charge in [0.2, 0.25) is 5.95 Å². The van der Waals surface area contributed by atoms with Crippen LogP contribution in [0.2, 0.25) is 0 Å². The molecule has 1 atom stereocenters. The SMILES string of the molecule is CCN(Cc1ccnc(NC)n1)C(C)CN(C)C. The van der Waals surface area contributed by atoms with Gasteiger partial charge >= 0.3 is 0 Å². The molecule has 0 aliphatic heterocycles. The van der Waals surface area contributed by atoms with Crippen molar-refractivity contribution in [1.29, 1.82) is 0 Å². The predicted molar refractivity (Wildman–Crippen MR) is 75.7 cm³/mol. The van der Waals surface area contributed by atoms with E-state index in [9.17, 15) is 0 Å². The highest BCUT2D eigenvalue weighted by Crippen LogP contribution is 2.08. The summed E-state index contributed by atoms with van der Waals surface area (Å²) < 4.78 is 0. The maximum absolute atomic E-state index is 4.46. The van der Waals surface area contributed by atoms with Gasteiger partial charge in [0.1, 0.15) is 0 Å². The van der Waals surface area contributed by atoms with Crippen LogP contribution in [0.5, 0.6) is 0 Å². The van der Waals surface area contributed by atoms with Gasteiger partial charge in [-0.3, -0.25) is 4.90 Å². The van der Waals surface area contributed by atoms with E-state index in [0.717, 1.165) is 25.3 Å². The average molecular weight is 251 g/mol. The molecule has 102 valence electrons. The van der Waals surface area contributed by atoms with E-state index in [0.29, 0.717) is 12.0 Å². The highest BCUT2D eigenvalue weighted by atomic mass is 15.2. The monoisotopic (exact) mass is 251 g/mol. The van der Waals surface area contributed by atoms with E-state index >= 15 is 0 Å². The van der Waals surface area contributed by atoms with Gasteiger partial charge in [-0.25, -0.2) is 9.97 Å². The van der Waals surface area contributed by atoms with E-state index in [1.807, 2.05) is 13.1 Å². The number of rotatable bonds is 7. The van der Waals surface area contributed by atoms with Crippen LogP contribution in [0.3, 0.4) is 0 Å². The molecule has 5 heteroatoms. The Labute approximate surface area is 110 Å². The van der Waals surface area contributed by atoms with Crippen molar-refractivity contribution in [3.63, 3.8) is 0 Å². The normalized spacial score (nSPS) is 13.1. The molecular weight excluding hydrogens is 226 g/mol. The van der Waals surface area contributed by atoms with Gasteiger partial charge in [-0.1, -0.05) is 6.92 Å². The summed E-state index contributed by atoms with van der Waals surface area (Å²) in [5, 5.41) is 2.97. The van der Waals surface area contributed by atoms with Crippen molar-refractivity contribution in [2.75, 3.05) is 39.5 Å². The molecule has 0 amide bonds. The van der Waals surface area contributed by atoms with Crippen molar-refractivity contribution in [2.24, 2.45) is 0 Å². The van der Waals surface area contributed by atoms with Gasteiger partial charge in [-0.2, -0.15) is 0 Å². The lowest BCUT2D eigenvalue weighted by atomic mass is 10.2. The van der Waals surface area contributed by atoms with Crippen molar-refractivity contribution in [1.82, 2.24) is 19.8 Å². The first-order valence-electron chi connectivity index (χ1n) is 6.45. The Morgan fingerprint density at radius 1 is 1.39 bits per heavy atom. The number of likely N-dealkylation sites (N-methyl/N-ethyl adjacent to an activating group) is 2. The van der Waals surface area contributed by atoms with Crippen LogP contribution in [0.15, 0.2) is 12.3 Å². The third-order valence-electron chi connectivity index (χ3n) is 2.96. The van der Waals surface area contributed by atoms with Crippen molar-refractivity contribution in [3.05, 3.63) is 18.0 Å². The highest BCUT2D eigenvalue weighted by Gasteiger charge is 2.14. The Bertz CT molecular complexity index is 353. The first-order chi connectivity index (χ1) is 8.56. The van der Waals surface area contributed by atoms with Crippen LogP contribution in [0.4, 0.5) is 5.95 Å². The van der Waals surface area contributed by atoms with E-state index in [1.165, 1.54) is 0 Å². The molecule has 1 rings (SSSR count). The Kier molecular flexibility index (Phi) is 6.01. The Hall–Kier alpha value is -1.20. The van der Waals surface area contributed by atoms with Gasteiger partial charge in [0.05, 0.1) is 5.69 Å². The molecule has 18 heavy (non-hydrogen) atoms. The molecule has 0 saturated heterocycles. The quantitative estimate of drug-likeness (QED) is 0.791. The molecular formula is C13H25N5. The lowest BCUT2D eigenvalue weighted by Crippen LogP contribution is -2.39. The zero-order valence-electron chi connectivity index (χ0n) is 12.1. The first kappa shape index (κ1) is 14.9. The highest BCUT2D eigenvalue weighted by molar-refractivity contribution is 5.23. The number of nitrogens with one attached hydrogen (secondary N) is 1. The third-order valence-corrected chi connectivity index (χ3v) is 2.96. The van der Waals surface area contributed by atoms with E-state index in [1.54, 1.807) is 6.20 Å². The molecule has 1 aromatic rings. The Balaban J connectivity index is 2.66. The second-order valence-electron chi connectivity index (χ2n) is 4.80. The van der Waals surface area contributed by atoms with Gasteiger partial charge in [0.25, 0.3) is 0 Å². The zero-order valence-corrected chi connectivity index (χ0v) is 12.1. The smallest absolute Gasteiger partial charge is 0.222 e. The molecule has 0 saturated carbocycles. The van der Waals surface area contributed by atoms with Gasteiger partial charge in [0.15, 0.2) is 0 Å². The summed E-state index contributed by atoms with van der Waals surface area (Å²) in [6.45, 7) is 7.38. The predicted octanol–water partition coefficient (Wildman–Crippen LogP) is 1.29. The van der Waals surface area contributed by atoms with Crippen LogP contribution in [-0.2, 0) is 6.54 Å². The van der Waals surface area contributed by atoms with Gasteiger partial charge in [-0.15, -0.1) is 0 Å². The minimum Gasteiger partial charge on any atom is -0.357 e. The largest absolute Gasteiger partial charge is 0.357 e. The van der Waals surface area contributed by atoms with Crippen molar-refractivity contribution < 1.29 is 0 Å². The molecule has 0 spiro atoms. The van der Waals surface area contributed by atoms with Crippen molar-refractivity contribution >= 4 is 5.95 Å². The Morgan fingerprint density at radius 2 is 2.11 bits per heavy atom. The lowest BCUT2D eigenvalue weighted by molar-refractivity contribution is 0.172. The molecule has 0 aromatic carbocycles. The van der Waals surface area contributed by atoms with E-state index in [4.69, 9.17) is 0 Å². The average Bonchev–Trinajstić information content (AvgIpc) is 2.35. The fraction of sp³-hybridized carbons (Fsp3) is 0.692. The first-order valence-corrected chi connectivity index (χ1v) is 6.45. The molecule has 1 aromatic heterocycles. The Morgan fingerprint density at radius 3 is 2.67 bits per heavy atom. The molecule has 0 aliphatic rings. The molecule has 1 unspecified atom stereocenters. The molecule has 0 radical (unpaired) electrons. The second kappa shape index (κ2) is 7.28. The summed E-state index contributed by atoms with van der Waals surface area (Å²) in [7, 11) is 6.05. The summed E-state index contributed by atoms with van der Waals surface area (Å²) >= 11 is 0. The van der Waals surface area contributed by atoms with Crippen molar-refractivity contribution in [2.45, 2.75) is 26.4 Å². The minimum atomic E-state index is 0.512. The van der Waals surface area contributed by atoms with E-state index in [-0.39, 0.29) is 0 Å². The number of hydrogen-bond donors (Lipinski definition) is 1. The fourth-order valence-electron chi connectivity index (χ4n) is 2.04. The number of aromatic nitrogens is 2. The summed E-state index contributed by atoms with van der Waals surface area (Å²) in [5.41, 5.74) is 1.06. The molecule has 0 bridgehead atoms. The lowest BCUT2D eigenvalue weighted by Gasteiger charge is -2.29. The molecule has 1 N–H and O–H groups in total. The van der Waals surface area contributed by atoms with Crippen LogP contribution < -0.4 is 5.32 Å². The summed E-state index contributed by atoms with van der Waals surface area (Å²) in [6, 6.07) is 2.49. The number of hydrogen-bond acceptors (Lipinski definition) is 5.